The van der Waals surface area contributed by atoms with E-state index in [0.717, 1.165) is 71.5 Å². The number of carboxylic acids is 1. The van der Waals surface area contributed by atoms with Crippen molar-refractivity contribution in [3.8, 4) is 11.1 Å². The van der Waals surface area contributed by atoms with Gasteiger partial charge in [-0.1, -0.05) is 62.7 Å². The van der Waals surface area contributed by atoms with Crippen molar-refractivity contribution in [2.75, 3.05) is 18.0 Å². The molecule has 0 aliphatic carbocycles. The van der Waals surface area contributed by atoms with Gasteiger partial charge < -0.3 is 20.3 Å². The molecule has 0 atom stereocenters. The molecule has 3 N–H and O–H groups in total. The van der Waals surface area contributed by atoms with Crippen molar-refractivity contribution in [2.24, 2.45) is 5.73 Å². The smallest absolute Gasteiger partial charge is 0.336 e. The Hall–Kier alpha value is -4.13. The van der Waals surface area contributed by atoms with Crippen LogP contribution in [-0.4, -0.2) is 39.6 Å². The number of fused-ring (bicyclic) bond motifs is 1. The number of imidazole rings is 1. The lowest BCUT2D eigenvalue weighted by atomic mass is 9.99. The van der Waals surface area contributed by atoms with Crippen LogP contribution in [-0.2, 0) is 17.8 Å². The number of carbonyl (C=O) groups excluding carboxylic acids is 1. The van der Waals surface area contributed by atoms with Crippen LogP contribution in [0.5, 0.6) is 0 Å². The highest BCUT2D eigenvalue weighted by atomic mass is 16.4. The van der Waals surface area contributed by atoms with Crippen molar-refractivity contribution in [3.63, 3.8) is 0 Å². The summed E-state index contributed by atoms with van der Waals surface area (Å²) in [7, 11) is 0. The normalized spacial score (nSPS) is 11.1. The first-order chi connectivity index (χ1) is 18.3. The van der Waals surface area contributed by atoms with E-state index in [1.807, 2.05) is 36.4 Å². The van der Waals surface area contributed by atoms with E-state index < -0.39 is 5.97 Å². The number of aromatic nitrogens is 2. The number of anilines is 1. The molecule has 0 unspecified atom stereocenters. The fourth-order valence-electron chi connectivity index (χ4n) is 4.93. The number of carboxylic acid groups (broad SMARTS) is 1. The van der Waals surface area contributed by atoms with Crippen LogP contribution < -0.4 is 10.6 Å². The molecule has 3 aromatic carbocycles. The Morgan fingerprint density at radius 1 is 1.03 bits per heavy atom. The van der Waals surface area contributed by atoms with Gasteiger partial charge in [0.05, 0.1) is 23.1 Å². The number of hydrogen-bond acceptors (Lipinski definition) is 4. The van der Waals surface area contributed by atoms with Gasteiger partial charge in [0.15, 0.2) is 0 Å². The fourth-order valence-corrected chi connectivity index (χ4v) is 4.93. The minimum atomic E-state index is -0.936. The van der Waals surface area contributed by atoms with Crippen LogP contribution in [0.3, 0.4) is 0 Å². The Morgan fingerprint density at radius 3 is 2.42 bits per heavy atom. The molecule has 0 aliphatic heterocycles. The summed E-state index contributed by atoms with van der Waals surface area (Å²) >= 11 is 0. The zero-order valence-corrected chi connectivity index (χ0v) is 22.4. The summed E-state index contributed by atoms with van der Waals surface area (Å²) in [6, 6.07) is 19.3. The van der Waals surface area contributed by atoms with Crippen LogP contribution >= 0.6 is 0 Å². The van der Waals surface area contributed by atoms with Gasteiger partial charge in [-0.2, -0.15) is 0 Å². The number of amides is 1. The summed E-state index contributed by atoms with van der Waals surface area (Å²) in [5, 5.41) is 9.57. The number of hydrogen-bond donors (Lipinski definition) is 2. The summed E-state index contributed by atoms with van der Waals surface area (Å²) < 4.78 is 2.26. The van der Waals surface area contributed by atoms with Gasteiger partial charge in [-0.05, 0) is 60.2 Å². The number of nitrogens with zero attached hydrogens (tertiary/aromatic N) is 3. The summed E-state index contributed by atoms with van der Waals surface area (Å²) in [6.07, 6.45) is 3.84. The average molecular weight is 513 g/mol. The summed E-state index contributed by atoms with van der Waals surface area (Å²) in [5.74, 6) is -0.254. The van der Waals surface area contributed by atoms with E-state index in [0.29, 0.717) is 12.1 Å². The van der Waals surface area contributed by atoms with E-state index >= 15 is 0 Å². The first kappa shape index (κ1) is 26.9. The minimum Gasteiger partial charge on any atom is -0.478 e. The number of carbonyl (C=O) groups is 2. The largest absolute Gasteiger partial charge is 0.478 e. The average Bonchev–Trinajstić information content (AvgIpc) is 3.24. The van der Waals surface area contributed by atoms with Gasteiger partial charge in [-0.15, -0.1) is 0 Å². The molecule has 4 rings (SSSR count). The molecule has 0 spiro atoms. The fraction of sp³-hybridized carbons (Fsp3) is 0.323. The van der Waals surface area contributed by atoms with Gasteiger partial charge in [0.2, 0.25) is 5.91 Å². The Labute approximate surface area is 223 Å². The Bertz CT molecular complexity index is 1440. The number of primary amides is 1. The van der Waals surface area contributed by atoms with E-state index in [-0.39, 0.29) is 18.0 Å². The minimum absolute atomic E-state index is 0.181. The molecule has 0 fully saturated rings. The van der Waals surface area contributed by atoms with Crippen molar-refractivity contribution < 1.29 is 14.7 Å². The monoisotopic (exact) mass is 512 g/mol. The van der Waals surface area contributed by atoms with Crippen LogP contribution in [0.25, 0.3) is 22.2 Å². The molecule has 0 bridgehead atoms. The third kappa shape index (κ3) is 5.88. The number of rotatable bonds is 12. The van der Waals surface area contributed by atoms with Crippen LogP contribution in [0.1, 0.15) is 60.4 Å². The molecule has 0 radical (unpaired) electrons. The second-order valence-corrected chi connectivity index (χ2v) is 9.78. The third-order valence-corrected chi connectivity index (χ3v) is 6.84. The Balaban J connectivity index is 1.73. The molecule has 0 aliphatic rings. The van der Waals surface area contributed by atoms with Crippen molar-refractivity contribution in [2.45, 2.75) is 53.0 Å². The van der Waals surface area contributed by atoms with E-state index in [1.54, 1.807) is 12.1 Å². The number of nitrogens with two attached hydrogens (primary N) is 1. The Morgan fingerprint density at radius 2 is 1.76 bits per heavy atom. The number of aromatic carboxylic acids is 1. The van der Waals surface area contributed by atoms with E-state index in [4.69, 9.17) is 10.7 Å². The van der Waals surface area contributed by atoms with Crippen molar-refractivity contribution in [3.05, 3.63) is 83.2 Å². The predicted octanol–water partition coefficient (Wildman–Crippen LogP) is 5.80. The standard InChI is InChI=1S/C31H36N4O3/c1-4-6-16-34(20-28(32)36)24-17-21(3)30-27(18-24)35(29(33-30)9-5-2)19-22-12-14-23(15-13-22)25-10-7-8-11-26(25)31(37)38/h7-8,10-15,17-18H,4-6,9,16,19-20H2,1-3H3,(H2,32,36)(H,37,38). The second-order valence-electron chi connectivity index (χ2n) is 9.78. The number of benzene rings is 3. The van der Waals surface area contributed by atoms with E-state index in [9.17, 15) is 14.7 Å². The van der Waals surface area contributed by atoms with Gasteiger partial charge >= 0.3 is 5.97 Å². The maximum atomic E-state index is 11.8. The van der Waals surface area contributed by atoms with Crippen LogP contribution in [0, 0.1) is 6.92 Å². The SMILES string of the molecule is CCCCN(CC(N)=O)c1cc(C)c2nc(CCC)n(Cc3ccc(-c4ccccc4C(=O)O)cc3)c2c1. The maximum Gasteiger partial charge on any atom is 0.336 e. The summed E-state index contributed by atoms with van der Waals surface area (Å²) in [5.41, 5.74) is 12.6. The lowest BCUT2D eigenvalue weighted by Crippen LogP contribution is -2.34. The van der Waals surface area contributed by atoms with Gasteiger partial charge in [-0.25, -0.2) is 9.78 Å². The highest BCUT2D eigenvalue weighted by Gasteiger charge is 2.17. The quantitative estimate of drug-likeness (QED) is 0.250. The molecule has 7 nitrogen and oxygen atoms in total. The number of unbranched alkanes of at least 4 members (excludes halogenated alkanes) is 1. The molecule has 1 aromatic heterocycles. The van der Waals surface area contributed by atoms with Gasteiger partial charge in [-0.3, -0.25) is 4.79 Å². The highest BCUT2D eigenvalue weighted by Crippen LogP contribution is 2.29. The molecule has 1 amide bonds. The number of aryl methyl sites for hydroxylation is 2. The zero-order chi connectivity index (χ0) is 27.2. The molecular weight excluding hydrogens is 476 g/mol. The Kier molecular flexibility index (Phi) is 8.46. The van der Waals surface area contributed by atoms with Crippen LogP contribution in [0.4, 0.5) is 5.69 Å². The topological polar surface area (TPSA) is 101 Å². The van der Waals surface area contributed by atoms with Crippen molar-refractivity contribution >= 4 is 28.6 Å². The highest BCUT2D eigenvalue weighted by molar-refractivity contribution is 5.96. The molecular formula is C31H36N4O3. The summed E-state index contributed by atoms with van der Waals surface area (Å²) in [6.45, 7) is 7.93. The second kappa shape index (κ2) is 11.9. The predicted molar refractivity (Wildman–Crippen MR) is 153 cm³/mol. The van der Waals surface area contributed by atoms with Gasteiger partial charge in [0.25, 0.3) is 0 Å². The lowest BCUT2D eigenvalue weighted by Gasteiger charge is -2.24. The van der Waals surface area contributed by atoms with Gasteiger partial charge in [0, 0.05) is 25.2 Å². The first-order valence-corrected chi connectivity index (χ1v) is 13.3. The molecule has 7 heteroatoms. The molecule has 0 saturated heterocycles. The summed E-state index contributed by atoms with van der Waals surface area (Å²) in [4.78, 5) is 30.6. The van der Waals surface area contributed by atoms with E-state index in [1.165, 1.54) is 0 Å². The van der Waals surface area contributed by atoms with Gasteiger partial charge in [0.1, 0.15) is 5.82 Å². The maximum absolute atomic E-state index is 11.8. The van der Waals surface area contributed by atoms with Crippen molar-refractivity contribution in [1.82, 2.24) is 9.55 Å². The first-order valence-electron chi connectivity index (χ1n) is 13.3. The van der Waals surface area contributed by atoms with E-state index in [2.05, 4.69) is 42.4 Å². The van der Waals surface area contributed by atoms with Crippen LogP contribution in [0.15, 0.2) is 60.7 Å². The van der Waals surface area contributed by atoms with Crippen LogP contribution in [0.2, 0.25) is 0 Å². The molecule has 4 aromatic rings. The third-order valence-electron chi connectivity index (χ3n) is 6.84. The molecule has 38 heavy (non-hydrogen) atoms. The molecule has 1 heterocycles. The molecule has 0 saturated carbocycles. The molecule has 198 valence electrons. The zero-order valence-electron chi connectivity index (χ0n) is 22.4. The van der Waals surface area contributed by atoms with Crippen molar-refractivity contribution in [1.29, 1.82) is 0 Å². The lowest BCUT2D eigenvalue weighted by molar-refractivity contribution is -0.116.